The molecule has 74 valence electrons. The van der Waals surface area contributed by atoms with E-state index in [-0.39, 0.29) is 0 Å². The Kier molecular flexibility index (Phi) is 3.34. The fraction of sp³-hybridized carbons (Fsp3) is 0.200. The third kappa shape index (κ3) is 2.65. The van der Waals surface area contributed by atoms with Gasteiger partial charge in [-0.05, 0) is 12.1 Å². The monoisotopic (exact) mass is 196 g/mol. The zero-order valence-electron chi connectivity index (χ0n) is 7.57. The lowest BCUT2D eigenvalue weighted by Gasteiger charge is -2.10. The van der Waals surface area contributed by atoms with Crippen molar-refractivity contribution in [3.05, 3.63) is 35.6 Å². The Morgan fingerprint density at radius 2 is 2.29 bits per heavy atom. The van der Waals surface area contributed by atoms with Gasteiger partial charge in [-0.25, -0.2) is 4.39 Å². The molecule has 0 saturated carbocycles. The zero-order valence-corrected chi connectivity index (χ0v) is 7.57. The number of benzene rings is 1. The van der Waals surface area contributed by atoms with Crippen molar-refractivity contribution in [3.8, 4) is 0 Å². The molecule has 14 heavy (non-hydrogen) atoms. The van der Waals surface area contributed by atoms with Gasteiger partial charge < -0.3 is 4.74 Å². The predicted molar refractivity (Wildman–Crippen MR) is 47.0 cm³/mol. The van der Waals surface area contributed by atoms with Gasteiger partial charge in [-0.1, -0.05) is 12.1 Å². The maximum Gasteiger partial charge on any atom is 0.303 e. The lowest BCUT2D eigenvalue weighted by Crippen LogP contribution is -2.09. The second kappa shape index (κ2) is 4.50. The number of carbonyl (C=O) groups excluding carboxylic acids is 2. The summed E-state index contributed by atoms with van der Waals surface area (Å²) in [6.45, 7) is 1.19. The molecule has 1 atom stereocenters. The Balaban J connectivity index is 2.89. The van der Waals surface area contributed by atoms with Gasteiger partial charge in [0.15, 0.2) is 12.4 Å². The van der Waals surface area contributed by atoms with Gasteiger partial charge in [-0.2, -0.15) is 0 Å². The molecule has 1 unspecified atom stereocenters. The van der Waals surface area contributed by atoms with Crippen LogP contribution < -0.4 is 0 Å². The van der Waals surface area contributed by atoms with Crippen molar-refractivity contribution >= 4 is 12.3 Å². The molecule has 4 heteroatoms. The molecule has 0 radical (unpaired) electrons. The molecule has 3 nitrogen and oxygen atoms in total. The minimum absolute atomic E-state index is 0.329. The number of halogens is 1. The molecular weight excluding hydrogens is 187 g/mol. The third-order valence-corrected chi connectivity index (χ3v) is 1.59. The van der Waals surface area contributed by atoms with Crippen molar-refractivity contribution in [2.24, 2.45) is 0 Å². The van der Waals surface area contributed by atoms with Crippen LogP contribution in [0.1, 0.15) is 18.6 Å². The van der Waals surface area contributed by atoms with Crippen LogP contribution in [0.15, 0.2) is 24.3 Å². The highest BCUT2D eigenvalue weighted by atomic mass is 19.1. The van der Waals surface area contributed by atoms with E-state index in [1.807, 2.05) is 0 Å². The first kappa shape index (κ1) is 10.4. The van der Waals surface area contributed by atoms with Crippen LogP contribution in [0.25, 0.3) is 0 Å². The van der Waals surface area contributed by atoms with Crippen molar-refractivity contribution in [2.75, 3.05) is 0 Å². The van der Waals surface area contributed by atoms with Crippen LogP contribution >= 0.6 is 0 Å². The zero-order chi connectivity index (χ0) is 10.6. The fourth-order valence-electron chi connectivity index (χ4n) is 1.04. The van der Waals surface area contributed by atoms with Gasteiger partial charge in [0.05, 0.1) is 0 Å². The van der Waals surface area contributed by atoms with Crippen LogP contribution in [-0.2, 0) is 14.3 Å². The number of hydrogen-bond acceptors (Lipinski definition) is 3. The second-order valence-electron chi connectivity index (χ2n) is 2.72. The predicted octanol–water partition coefficient (Wildman–Crippen LogP) is 1.63. The highest BCUT2D eigenvalue weighted by Gasteiger charge is 2.13. The number of aldehydes is 1. The summed E-state index contributed by atoms with van der Waals surface area (Å²) < 4.78 is 17.4. The maximum atomic E-state index is 12.7. The summed E-state index contributed by atoms with van der Waals surface area (Å²) >= 11 is 0. The largest absolute Gasteiger partial charge is 0.450 e. The van der Waals surface area contributed by atoms with Crippen LogP contribution in [0.3, 0.4) is 0 Å². The minimum Gasteiger partial charge on any atom is -0.450 e. The molecule has 0 aromatic heterocycles. The van der Waals surface area contributed by atoms with E-state index in [4.69, 9.17) is 0 Å². The number of carbonyl (C=O) groups is 2. The first-order valence-corrected chi connectivity index (χ1v) is 4.01. The summed E-state index contributed by atoms with van der Waals surface area (Å²) in [4.78, 5) is 21.1. The second-order valence-corrected chi connectivity index (χ2v) is 2.72. The molecule has 0 spiro atoms. The van der Waals surface area contributed by atoms with Crippen molar-refractivity contribution in [1.82, 2.24) is 0 Å². The standard InChI is InChI=1S/C10H9FO3/c1-7(13)14-10(6-12)8-3-2-4-9(11)5-8/h2-6,10H,1H3. The number of ether oxygens (including phenoxy) is 1. The molecule has 0 heterocycles. The molecule has 1 aromatic carbocycles. The Morgan fingerprint density at radius 1 is 1.57 bits per heavy atom. The van der Waals surface area contributed by atoms with Crippen molar-refractivity contribution in [2.45, 2.75) is 13.0 Å². The molecule has 0 N–H and O–H groups in total. The molecule has 0 bridgehead atoms. The van der Waals surface area contributed by atoms with Gasteiger partial charge in [0.1, 0.15) is 5.82 Å². The SMILES string of the molecule is CC(=O)OC(C=O)c1cccc(F)c1. The van der Waals surface area contributed by atoms with E-state index in [0.29, 0.717) is 11.8 Å². The smallest absolute Gasteiger partial charge is 0.303 e. The number of esters is 1. The van der Waals surface area contributed by atoms with Crippen molar-refractivity contribution in [1.29, 1.82) is 0 Å². The molecule has 0 amide bonds. The molecule has 0 aliphatic carbocycles. The third-order valence-electron chi connectivity index (χ3n) is 1.59. The average molecular weight is 196 g/mol. The van der Waals surface area contributed by atoms with E-state index in [9.17, 15) is 14.0 Å². The average Bonchev–Trinajstić information content (AvgIpc) is 2.14. The summed E-state index contributed by atoms with van der Waals surface area (Å²) in [7, 11) is 0. The maximum absolute atomic E-state index is 12.7. The molecule has 0 fully saturated rings. The van der Waals surface area contributed by atoms with Crippen LogP contribution in [0.4, 0.5) is 4.39 Å². The van der Waals surface area contributed by atoms with Crippen LogP contribution in [-0.4, -0.2) is 12.3 Å². The normalized spacial score (nSPS) is 11.9. The van der Waals surface area contributed by atoms with Gasteiger partial charge in [0.25, 0.3) is 0 Å². The van der Waals surface area contributed by atoms with Crippen LogP contribution in [0.5, 0.6) is 0 Å². The highest BCUT2D eigenvalue weighted by molar-refractivity contribution is 5.71. The van der Waals surface area contributed by atoms with Crippen molar-refractivity contribution in [3.63, 3.8) is 0 Å². The highest BCUT2D eigenvalue weighted by Crippen LogP contribution is 2.15. The van der Waals surface area contributed by atoms with Gasteiger partial charge in [0.2, 0.25) is 0 Å². The Morgan fingerprint density at radius 3 is 2.79 bits per heavy atom. The molecule has 0 aliphatic heterocycles. The van der Waals surface area contributed by atoms with E-state index >= 15 is 0 Å². The first-order chi connectivity index (χ1) is 6.63. The molecule has 0 saturated heterocycles. The van der Waals surface area contributed by atoms with E-state index in [2.05, 4.69) is 4.74 Å². The van der Waals surface area contributed by atoms with Gasteiger partial charge >= 0.3 is 5.97 Å². The Labute approximate surface area is 80.5 Å². The summed E-state index contributed by atoms with van der Waals surface area (Å²) in [5, 5.41) is 0. The van der Waals surface area contributed by atoms with E-state index in [1.165, 1.54) is 25.1 Å². The van der Waals surface area contributed by atoms with Gasteiger partial charge in [-0.15, -0.1) is 0 Å². The fourth-order valence-corrected chi connectivity index (χ4v) is 1.04. The lowest BCUT2D eigenvalue weighted by molar-refractivity contribution is -0.149. The summed E-state index contributed by atoms with van der Waals surface area (Å²) in [5.41, 5.74) is 0.329. The summed E-state index contributed by atoms with van der Waals surface area (Å²) in [6, 6.07) is 5.37. The molecule has 0 aliphatic rings. The van der Waals surface area contributed by atoms with Gasteiger partial charge in [0, 0.05) is 12.5 Å². The first-order valence-electron chi connectivity index (χ1n) is 4.01. The van der Waals surface area contributed by atoms with Crippen molar-refractivity contribution < 1.29 is 18.7 Å². The van der Waals surface area contributed by atoms with Gasteiger partial charge in [-0.3, -0.25) is 9.59 Å². The molecule has 1 aromatic rings. The van der Waals surface area contributed by atoms with E-state index in [1.54, 1.807) is 0 Å². The quantitative estimate of drug-likeness (QED) is 0.545. The lowest BCUT2D eigenvalue weighted by atomic mass is 10.1. The summed E-state index contributed by atoms with van der Waals surface area (Å²) in [6.07, 6.45) is -0.570. The molecule has 1 rings (SSSR count). The number of rotatable bonds is 3. The summed E-state index contributed by atoms with van der Waals surface area (Å²) in [5.74, 6) is -1.05. The van der Waals surface area contributed by atoms with Crippen LogP contribution in [0, 0.1) is 5.82 Å². The Hall–Kier alpha value is -1.71. The van der Waals surface area contributed by atoms with E-state index < -0.39 is 17.9 Å². The Bertz CT molecular complexity index is 349. The van der Waals surface area contributed by atoms with E-state index in [0.717, 1.165) is 6.07 Å². The minimum atomic E-state index is -1.02. The molecular formula is C10H9FO3. The topological polar surface area (TPSA) is 43.4 Å². The van der Waals surface area contributed by atoms with Crippen LogP contribution in [0.2, 0.25) is 0 Å². The number of hydrogen-bond donors (Lipinski definition) is 0.